The molecule has 30 heavy (non-hydrogen) atoms. The molecule has 0 fully saturated rings. The molecule has 2 N–H and O–H groups in total. The average Bonchev–Trinajstić information content (AvgIpc) is 3.10. The number of hydrogen-bond donors (Lipinski definition) is 2. The molecule has 4 rings (SSSR count). The summed E-state index contributed by atoms with van der Waals surface area (Å²) in [4.78, 5) is 29.6. The van der Waals surface area contributed by atoms with Gasteiger partial charge in [0.15, 0.2) is 0 Å². The number of aromatic amines is 1. The molecule has 7 nitrogen and oxygen atoms in total. The fraction of sp³-hybridized carbons (Fsp3) is 0.0435. The van der Waals surface area contributed by atoms with E-state index in [9.17, 15) is 9.59 Å². The Morgan fingerprint density at radius 3 is 2.23 bits per heavy atom. The van der Waals surface area contributed by atoms with Crippen molar-refractivity contribution in [1.82, 2.24) is 20.2 Å². The van der Waals surface area contributed by atoms with Crippen LogP contribution in [0.3, 0.4) is 0 Å². The fourth-order valence-electron chi connectivity index (χ4n) is 3.12. The van der Waals surface area contributed by atoms with Gasteiger partial charge < -0.3 is 0 Å². The Bertz CT molecular complexity index is 1240. The SMILES string of the molecule is Cc1[nH]n(-c2ccccc2)c(=O)c1/C(=N/NC(=O)c1ccncc1)c1ccccc1. The van der Waals surface area contributed by atoms with Gasteiger partial charge in [-0.15, -0.1) is 0 Å². The Morgan fingerprint density at radius 1 is 0.933 bits per heavy atom. The van der Waals surface area contributed by atoms with Gasteiger partial charge in [-0.2, -0.15) is 5.10 Å². The van der Waals surface area contributed by atoms with Crippen molar-refractivity contribution in [2.45, 2.75) is 6.92 Å². The Hall–Kier alpha value is -4.26. The lowest BCUT2D eigenvalue weighted by Crippen LogP contribution is -2.25. The molecule has 0 aliphatic carbocycles. The van der Waals surface area contributed by atoms with Gasteiger partial charge in [0, 0.05) is 29.2 Å². The van der Waals surface area contributed by atoms with Crippen LogP contribution in [0.2, 0.25) is 0 Å². The molecule has 0 atom stereocenters. The molecule has 4 aromatic rings. The van der Waals surface area contributed by atoms with E-state index in [1.807, 2.05) is 60.7 Å². The van der Waals surface area contributed by atoms with Crippen LogP contribution in [-0.2, 0) is 0 Å². The Kier molecular flexibility index (Phi) is 5.34. The molecule has 0 aliphatic heterocycles. The number of H-pyrrole nitrogens is 1. The number of carbonyl (C=O) groups is 1. The second kappa shape index (κ2) is 8.40. The highest BCUT2D eigenvalue weighted by Crippen LogP contribution is 2.13. The maximum absolute atomic E-state index is 13.2. The Balaban J connectivity index is 1.79. The standard InChI is InChI=1S/C23H19N5O2/c1-16-20(23(30)28(27-16)19-10-6-3-7-11-19)21(17-8-4-2-5-9-17)25-26-22(29)18-12-14-24-15-13-18/h2-15,27H,1H3,(H,26,29)/b25-21+. The Morgan fingerprint density at radius 2 is 1.57 bits per heavy atom. The van der Waals surface area contributed by atoms with Gasteiger partial charge in [-0.1, -0.05) is 48.5 Å². The first-order valence-electron chi connectivity index (χ1n) is 9.36. The number of hydrogen-bond acceptors (Lipinski definition) is 4. The summed E-state index contributed by atoms with van der Waals surface area (Å²) >= 11 is 0. The van der Waals surface area contributed by atoms with Crippen LogP contribution < -0.4 is 11.0 Å². The first-order valence-corrected chi connectivity index (χ1v) is 9.36. The van der Waals surface area contributed by atoms with Gasteiger partial charge in [-0.05, 0) is 31.2 Å². The van der Waals surface area contributed by atoms with Gasteiger partial charge in [0.25, 0.3) is 11.5 Å². The molecule has 0 saturated heterocycles. The zero-order valence-corrected chi connectivity index (χ0v) is 16.2. The van der Waals surface area contributed by atoms with E-state index >= 15 is 0 Å². The van der Waals surface area contributed by atoms with Crippen molar-refractivity contribution in [1.29, 1.82) is 0 Å². The molecule has 7 heteroatoms. The number of hydrazone groups is 1. The minimum absolute atomic E-state index is 0.250. The van der Waals surface area contributed by atoms with E-state index in [1.54, 1.807) is 19.1 Å². The minimum Gasteiger partial charge on any atom is -0.295 e. The second-order valence-electron chi connectivity index (χ2n) is 6.59. The number of aromatic nitrogens is 3. The fourth-order valence-corrected chi connectivity index (χ4v) is 3.12. The number of nitrogens with one attached hydrogen (secondary N) is 2. The molecular formula is C23H19N5O2. The number of pyridine rings is 1. The van der Waals surface area contributed by atoms with Crippen LogP contribution in [-0.4, -0.2) is 26.4 Å². The van der Waals surface area contributed by atoms with Crippen LogP contribution in [0.4, 0.5) is 0 Å². The van der Waals surface area contributed by atoms with Gasteiger partial charge in [-0.25, -0.2) is 10.1 Å². The molecule has 148 valence electrons. The van der Waals surface area contributed by atoms with Gasteiger partial charge >= 0.3 is 0 Å². The molecule has 0 unspecified atom stereocenters. The van der Waals surface area contributed by atoms with Crippen molar-refractivity contribution in [2.24, 2.45) is 5.10 Å². The van der Waals surface area contributed by atoms with Gasteiger partial charge in [-0.3, -0.25) is 19.7 Å². The topological polar surface area (TPSA) is 92.1 Å². The summed E-state index contributed by atoms with van der Waals surface area (Å²) in [5, 5.41) is 7.43. The monoisotopic (exact) mass is 397 g/mol. The summed E-state index contributed by atoms with van der Waals surface area (Å²) in [5.74, 6) is -0.387. The van der Waals surface area contributed by atoms with Crippen LogP contribution in [0.1, 0.15) is 27.2 Å². The van der Waals surface area contributed by atoms with Gasteiger partial charge in [0.05, 0.1) is 11.3 Å². The smallest absolute Gasteiger partial charge is 0.281 e. The largest absolute Gasteiger partial charge is 0.295 e. The summed E-state index contributed by atoms with van der Waals surface area (Å²) in [6.45, 7) is 1.80. The average molecular weight is 397 g/mol. The van der Waals surface area contributed by atoms with E-state index in [1.165, 1.54) is 17.1 Å². The highest BCUT2D eigenvalue weighted by Gasteiger charge is 2.20. The van der Waals surface area contributed by atoms with Crippen molar-refractivity contribution in [3.8, 4) is 5.69 Å². The third kappa shape index (κ3) is 3.81. The maximum atomic E-state index is 13.2. The molecule has 2 aromatic heterocycles. The van der Waals surface area contributed by atoms with Crippen LogP contribution in [0.25, 0.3) is 5.69 Å². The molecule has 0 bridgehead atoms. The molecule has 2 aromatic carbocycles. The van der Waals surface area contributed by atoms with Crippen LogP contribution in [0, 0.1) is 6.92 Å². The minimum atomic E-state index is -0.387. The van der Waals surface area contributed by atoms with Crippen LogP contribution in [0.15, 0.2) is 95.1 Å². The first kappa shape index (κ1) is 19.1. The summed E-state index contributed by atoms with van der Waals surface area (Å²) in [5.41, 5.74) is 5.57. The van der Waals surface area contributed by atoms with E-state index in [-0.39, 0.29) is 11.5 Å². The molecule has 0 radical (unpaired) electrons. The van der Waals surface area contributed by atoms with Crippen molar-refractivity contribution in [3.63, 3.8) is 0 Å². The zero-order valence-electron chi connectivity index (χ0n) is 16.2. The van der Waals surface area contributed by atoms with Gasteiger partial charge in [0.2, 0.25) is 0 Å². The number of rotatable bonds is 5. The van der Waals surface area contributed by atoms with E-state index in [4.69, 9.17) is 0 Å². The van der Waals surface area contributed by atoms with Crippen molar-refractivity contribution >= 4 is 11.6 Å². The highest BCUT2D eigenvalue weighted by molar-refractivity contribution is 6.13. The summed E-state index contributed by atoms with van der Waals surface area (Å²) in [6, 6.07) is 21.7. The molecule has 1 amide bonds. The number of aryl methyl sites for hydroxylation is 1. The summed E-state index contributed by atoms with van der Waals surface area (Å²) < 4.78 is 1.47. The number of carbonyl (C=O) groups excluding carboxylic acids is 1. The van der Waals surface area contributed by atoms with Crippen LogP contribution in [0.5, 0.6) is 0 Å². The lowest BCUT2D eigenvalue weighted by Gasteiger charge is -2.06. The predicted octanol–water partition coefficient (Wildman–Crippen LogP) is 3.05. The molecule has 0 aliphatic rings. The summed E-state index contributed by atoms with van der Waals surface area (Å²) in [6.07, 6.45) is 3.07. The Labute approximate surface area is 172 Å². The third-order valence-electron chi connectivity index (χ3n) is 4.58. The van der Waals surface area contributed by atoms with E-state index in [0.29, 0.717) is 33.8 Å². The third-order valence-corrected chi connectivity index (χ3v) is 4.58. The quantitative estimate of drug-likeness (QED) is 0.400. The van der Waals surface area contributed by atoms with Crippen molar-refractivity contribution in [2.75, 3.05) is 0 Å². The maximum Gasteiger partial charge on any atom is 0.281 e. The predicted molar refractivity (Wildman–Crippen MR) is 115 cm³/mol. The normalized spacial score (nSPS) is 11.3. The first-order chi connectivity index (χ1) is 14.6. The summed E-state index contributed by atoms with van der Waals surface area (Å²) in [7, 11) is 0. The van der Waals surface area contributed by atoms with E-state index in [0.717, 1.165) is 0 Å². The van der Waals surface area contributed by atoms with Crippen molar-refractivity contribution < 1.29 is 4.79 Å². The van der Waals surface area contributed by atoms with Crippen LogP contribution >= 0.6 is 0 Å². The molecule has 2 heterocycles. The number of para-hydroxylation sites is 1. The second-order valence-corrected chi connectivity index (χ2v) is 6.59. The lowest BCUT2D eigenvalue weighted by atomic mass is 10.0. The molecule has 0 spiro atoms. The van der Waals surface area contributed by atoms with E-state index < -0.39 is 0 Å². The zero-order chi connectivity index (χ0) is 20.9. The lowest BCUT2D eigenvalue weighted by molar-refractivity contribution is 0.0955. The number of nitrogens with zero attached hydrogens (tertiary/aromatic N) is 3. The highest BCUT2D eigenvalue weighted by atomic mass is 16.2. The van der Waals surface area contributed by atoms with Gasteiger partial charge in [0.1, 0.15) is 5.71 Å². The van der Waals surface area contributed by atoms with Crippen molar-refractivity contribution in [3.05, 3.63) is 118 Å². The molecular weight excluding hydrogens is 378 g/mol. The number of amides is 1. The number of benzene rings is 2. The van der Waals surface area contributed by atoms with E-state index in [2.05, 4.69) is 20.6 Å². The molecule has 0 saturated carbocycles.